The first-order chi connectivity index (χ1) is 9.22. The molecule has 1 aliphatic carbocycles. The van der Waals surface area contributed by atoms with E-state index >= 15 is 0 Å². The predicted octanol–water partition coefficient (Wildman–Crippen LogP) is 1.84. The van der Waals surface area contributed by atoms with Gasteiger partial charge in [0.15, 0.2) is 0 Å². The maximum atomic E-state index is 11.8. The van der Waals surface area contributed by atoms with Crippen molar-refractivity contribution in [1.82, 2.24) is 5.32 Å². The van der Waals surface area contributed by atoms with Crippen LogP contribution in [0.5, 0.6) is 0 Å². The van der Waals surface area contributed by atoms with Gasteiger partial charge in [-0.15, -0.1) is 0 Å². The highest BCUT2D eigenvalue weighted by Crippen LogP contribution is 2.25. The van der Waals surface area contributed by atoms with Crippen LogP contribution in [0.1, 0.15) is 24.8 Å². The Bertz CT molecular complexity index is 478. The number of nitrogens with zero attached hydrogens (tertiary/aromatic N) is 1. The van der Waals surface area contributed by atoms with Crippen LogP contribution in [-0.4, -0.2) is 23.8 Å². The van der Waals surface area contributed by atoms with Gasteiger partial charge in [-0.3, -0.25) is 0 Å². The van der Waals surface area contributed by atoms with E-state index in [1.807, 2.05) is 6.07 Å². The number of nitriles is 1. The molecule has 2 amide bonds. The molecule has 0 aliphatic heterocycles. The molecule has 5 heteroatoms. The summed E-state index contributed by atoms with van der Waals surface area (Å²) in [6.07, 6.45) is 2.90. The number of aliphatic hydroxyl groups excluding tert-OH is 1. The Morgan fingerprint density at radius 3 is 2.74 bits per heavy atom. The fourth-order valence-electron chi connectivity index (χ4n) is 2.41. The van der Waals surface area contributed by atoms with Crippen LogP contribution in [-0.2, 0) is 0 Å². The van der Waals surface area contributed by atoms with E-state index in [2.05, 4.69) is 10.6 Å². The summed E-state index contributed by atoms with van der Waals surface area (Å²) in [5, 5.41) is 23.5. The van der Waals surface area contributed by atoms with Gasteiger partial charge in [-0.2, -0.15) is 5.26 Å². The fourth-order valence-corrected chi connectivity index (χ4v) is 2.41. The van der Waals surface area contributed by atoms with E-state index < -0.39 is 0 Å². The Labute approximate surface area is 112 Å². The quantitative estimate of drug-likeness (QED) is 0.774. The van der Waals surface area contributed by atoms with Crippen LogP contribution in [0.15, 0.2) is 24.3 Å². The highest BCUT2D eigenvalue weighted by atomic mass is 16.3. The van der Waals surface area contributed by atoms with Crippen molar-refractivity contribution in [2.75, 3.05) is 11.9 Å². The van der Waals surface area contributed by atoms with Crippen LogP contribution in [0.3, 0.4) is 0 Å². The van der Waals surface area contributed by atoms with Gasteiger partial charge >= 0.3 is 6.03 Å². The average molecular weight is 259 g/mol. The van der Waals surface area contributed by atoms with Gasteiger partial charge < -0.3 is 15.7 Å². The van der Waals surface area contributed by atoms with Gasteiger partial charge in [0.05, 0.1) is 11.6 Å². The molecular weight excluding hydrogens is 242 g/mol. The average Bonchev–Trinajstić information content (AvgIpc) is 2.86. The molecule has 1 aromatic carbocycles. The fraction of sp³-hybridized carbons (Fsp3) is 0.429. The third-order valence-corrected chi connectivity index (χ3v) is 3.48. The summed E-state index contributed by atoms with van der Waals surface area (Å²) in [5.74, 6) is 0.159. The van der Waals surface area contributed by atoms with Gasteiger partial charge in [0.1, 0.15) is 0 Å². The molecule has 0 saturated heterocycles. The van der Waals surface area contributed by atoms with E-state index in [1.54, 1.807) is 24.3 Å². The highest BCUT2D eigenvalue weighted by Gasteiger charge is 2.27. The number of benzene rings is 1. The number of anilines is 1. The van der Waals surface area contributed by atoms with Crippen molar-refractivity contribution in [2.45, 2.75) is 25.3 Å². The van der Waals surface area contributed by atoms with Crippen LogP contribution >= 0.6 is 0 Å². The summed E-state index contributed by atoms with van der Waals surface area (Å²) >= 11 is 0. The molecule has 0 spiro atoms. The number of aliphatic hydroxyl groups is 1. The smallest absolute Gasteiger partial charge is 0.319 e. The molecule has 1 saturated carbocycles. The maximum Gasteiger partial charge on any atom is 0.319 e. The number of carbonyl (C=O) groups is 1. The maximum absolute atomic E-state index is 11.8. The van der Waals surface area contributed by atoms with Crippen LogP contribution in [0.4, 0.5) is 10.5 Å². The Morgan fingerprint density at radius 2 is 2.11 bits per heavy atom. The van der Waals surface area contributed by atoms with Crippen molar-refractivity contribution in [3.63, 3.8) is 0 Å². The van der Waals surface area contributed by atoms with Gasteiger partial charge in [0.2, 0.25) is 0 Å². The van der Waals surface area contributed by atoms with Crippen molar-refractivity contribution in [3.8, 4) is 6.07 Å². The number of carbonyl (C=O) groups excluding carboxylic acids is 1. The monoisotopic (exact) mass is 259 g/mol. The molecule has 2 atom stereocenters. The summed E-state index contributed by atoms with van der Waals surface area (Å²) in [6, 6.07) is 8.49. The predicted molar refractivity (Wildman–Crippen MR) is 71.5 cm³/mol. The van der Waals surface area contributed by atoms with Gasteiger partial charge in [-0.25, -0.2) is 4.79 Å². The van der Waals surface area contributed by atoms with E-state index in [0.717, 1.165) is 19.3 Å². The molecule has 0 aromatic heterocycles. The summed E-state index contributed by atoms with van der Waals surface area (Å²) in [7, 11) is 0. The zero-order valence-corrected chi connectivity index (χ0v) is 10.6. The van der Waals surface area contributed by atoms with E-state index in [9.17, 15) is 9.90 Å². The van der Waals surface area contributed by atoms with E-state index in [4.69, 9.17) is 5.26 Å². The number of urea groups is 1. The standard InChI is InChI=1S/C14H17N3O2/c15-8-10-4-6-12(7-5-10)16-14(19)17-13-3-1-2-11(13)9-18/h4-7,11,13,18H,1-3,9H2,(H2,16,17,19). The van der Waals surface area contributed by atoms with Gasteiger partial charge in [-0.1, -0.05) is 6.42 Å². The number of nitrogens with one attached hydrogen (secondary N) is 2. The molecular formula is C14H17N3O2. The summed E-state index contributed by atoms with van der Waals surface area (Å²) < 4.78 is 0. The van der Waals surface area contributed by atoms with Gasteiger partial charge in [0.25, 0.3) is 0 Å². The zero-order chi connectivity index (χ0) is 13.7. The lowest BCUT2D eigenvalue weighted by Crippen LogP contribution is -2.41. The lowest BCUT2D eigenvalue weighted by Gasteiger charge is -2.19. The second-order valence-corrected chi connectivity index (χ2v) is 4.77. The van der Waals surface area contributed by atoms with E-state index in [-0.39, 0.29) is 24.6 Å². The first-order valence-electron chi connectivity index (χ1n) is 6.41. The van der Waals surface area contributed by atoms with Crippen LogP contribution in [0.2, 0.25) is 0 Å². The number of hydrogen-bond donors (Lipinski definition) is 3. The molecule has 0 heterocycles. The molecule has 0 radical (unpaired) electrons. The highest BCUT2D eigenvalue weighted by molar-refractivity contribution is 5.89. The Balaban J connectivity index is 1.88. The minimum atomic E-state index is -0.268. The first kappa shape index (κ1) is 13.4. The van der Waals surface area contributed by atoms with Crippen molar-refractivity contribution in [2.24, 2.45) is 5.92 Å². The molecule has 19 heavy (non-hydrogen) atoms. The summed E-state index contributed by atoms with van der Waals surface area (Å²) in [4.78, 5) is 11.8. The summed E-state index contributed by atoms with van der Waals surface area (Å²) in [6.45, 7) is 0.113. The molecule has 2 rings (SSSR count). The third-order valence-electron chi connectivity index (χ3n) is 3.48. The SMILES string of the molecule is N#Cc1ccc(NC(=O)NC2CCCC2CO)cc1. The molecule has 100 valence electrons. The second-order valence-electron chi connectivity index (χ2n) is 4.77. The topological polar surface area (TPSA) is 85.2 Å². The lowest BCUT2D eigenvalue weighted by atomic mass is 10.1. The zero-order valence-electron chi connectivity index (χ0n) is 10.6. The number of hydrogen-bond acceptors (Lipinski definition) is 3. The Morgan fingerprint density at radius 1 is 1.37 bits per heavy atom. The molecule has 3 N–H and O–H groups in total. The van der Waals surface area contributed by atoms with Crippen molar-refractivity contribution >= 4 is 11.7 Å². The van der Waals surface area contributed by atoms with Gasteiger partial charge in [-0.05, 0) is 37.1 Å². The van der Waals surface area contributed by atoms with Crippen LogP contribution < -0.4 is 10.6 Å². The summed E-state index contributed by atoms with van der Waals surface area (Å²) in [5.41, 5.74) is 1.21. The van der Waals surface area contributed by atoms with Crippen molar-refractivity contribution in [1.29, 1.82) is 5.26 Å². The molecule has 2 unspecified atom stereocenters. The first-order valence-corrected chi connectivity index (χ1v) is 6.41. The van der Waals surface area contributed by atoms with Crippen molar-refractivity contribution in [3.05, 3.63) is 29.8 Å². The largest absolute Gasteiger partial charge is 0.396 e. The normalized spacial score (nSPS) is 21.7. The molecule has 0 bridgehead atoms. The van der Waals surface area contributed by atoms with Crippen molar-refractivity contribution < 1.29 is 9.90 Å². The van der Waals surface area contributed by atoms with Gasteiger partial charge in [0, 0.05) is 24.3 Å². The van der Waals surface area contributed by atoms with Crippen LogP contribution in [0, 0.1) is 17.2 Å². The molecule has 5 nitrogen and oxygen atoms in total. The Kier molecular flexibility index (Phi) is 4.37. The van der Waals surface area contributed by atoms with Crippen LogP contribution in [0.25, 0.3) is 0 Å². The third kappa shape index (κ3) is 3.46. The minimum absolute atomic E-state index is 0.0448. The van der Waals surface area contributed by atoms with E-state index in [0.29, 0.717) is 11.3 Å². The lowest BCUT2D eigenvalue weighted by molar-refractivity contribution is 0.203. The molecule has 1 fully saturated rings. The second kappa shape index (κ2) is 6.21. The Hall–Kier alpha value is -2.06. The number of rotatable bonds is 3. The van der Waals surface area contributed by atoms with E-state index in [1.165, 1.54) is 0 Å². The molecule has 1 aliphatic rings. The molecule has 1 aromatic rings. The minimum Gasteiger partial charge on any atom is -0.396 e. The number of amides is 2.